The summed E-state index contributed by atoms with van der Waals surface area (Å²) >= 11 is 0. The summed E-state index contributed by atoms with van der Waals surface area (Å²) in [6.07, 6.45) is -0.886. The Balaban J connectivity index is 1.98. The number of furan rings is 1. The summed E-state index contributed by atoms with van der Waals surface area (Å²) in [5.74, 6) is -1.52. The normalized spacial score (nSPS) is 10.3. The van der Waals surface area contributed by atoms with Crippen molar-refractivity contribution in [2.24, 2.45) is 0 Å². The molecule has 2 aromatic rings. The lowest BCUT2D eigenvalue weighted by Crippen LogP contribution is -2.34. The zero-order chi connectivity index (χ0) is 16.1. The van der Waals surface area contributed by atoms with E-state index in [0.29, 0.717) is 11.1 Å². The van der Waals surface area contributed by atoms with Gasteiger partial charge in [-0.25, -0.2) is 9.59 Å². The molecule has 0 saturated heterocycles. The molecule has 116 valence electrons. The molecule has 0 aliphatic heterocycles. The van der Waals surface area contributed by atoms with Crippen LogP contribution in [0.25, 0.3) is 11.0 Å². The number of nitrogens with one attached hydrogen (secondary N) is 1. The van der Waals surface area contributed by atoms with Crippen molar-refractivity contribution in [2.45, 2.75) is 13.8 Å². The summed E-state index contributed by atoms with van der Waals surface area (Å²) in [5, 5.41) is 2.72. The zero-order valence-corrected chi connectivity index (χ0v) is 12.2. The van der Waals surface area contributed by atoms with Gasteiger partial charge in [0, 0.05) is 10.9 Å². The van der Waals surface area contributed by atoms with Crippen molar-refractivity contribution >= 4 is 28.9 Å². The quantitative estimate of drug-likeness (QED) is 0.870. The van der Waals surface area contributed by atoms with Crippen LogP contribution in [-0.2, 0) is 14.3 Å². The lowest BCUT2D eigenvalue weighted by atomic mass is 10.1. The van der Waals surface area contributed by atoms with E-state index in [1.54, 1.807) is 26.0 Å². The van der Waals surface area contributed by atoms with Gasteiger partial charge in [-0.1, -0.05) is 18.2 Å². The van der Waals surface area contributed by atoms with Crippen LogP contribution in [0.3, 0.4) is 0 Å². The fourth-order valence-electron chi connectivity index (χ4n) is 1.88. The van der Waals surface area contributed by atoms with Crippen molar-refractivity contribution in [3.05, 3.63) is 35.6 Å². The Hall–Kier alpha value is -2.83. The number of para-hydroxylation sites is 1. The van der Waals surface area contributed by atoms with Gasteiger partial charge < -0.3 is 13.9 Å². The van der Waals surface area contributed by atoms with Gasteiger partial charge in [0.25, 0.3) is 5.91 Å². The number of aryl methyl sites for hydroxylation is 1. The van der Waals surface area contributed by atoms with Crippen molar-refractivity contribution < 1.29 is 28.3 Å². The van der Waals surface area contributed by atoms with Crippen LogP contribution in [0.2, 0.25) is 0 Å². The van der Waals surface area contributed by atoms with E-state index in [-0.39, 0.29) is 12.4 Å². The molecule has 7 nitrogen and oxygen atoms in total. The number of rotatable bonds is 4. The minimum Gasteiger partial charge on any atom is -0.450 e. The number of ether oxygens (including phenoxy) is 2. The standard InChI is InChI=1S/C15H15NO6/c1-3-20-15(19)16-12(17)8-21-14(18)13-9(2)10-6-4-5-7-11(10)22-13/h4-7H,3,8H2,1-2H3,(H,16,17,19). The molecule has 0 atom stereocenters. The highest BCUT2D eigenvalue weighted by Crippen LogP contribution is 2.25. The van der Waals surface area contributed by atoms with Crippen molar-refractivity contribution in [3.8, 4) is 0 Å². The molecule has 0 aliphatic carbocycles. The van der Waals surface area contributed by atoms with Gasteiger partial charge in [-0.05, 0) is 19.9 Å². The van der Waals surface area contributed by atoms with E-state index >= 15 is 0 Å². The lowest BCUT2D eigenvalue weighted by molar-refractivity contribution is -0.123. The van der Waals surface area contributed by atoms with Crippen molar-refractivity contribution in [2.75, 3.05) is 13.2 Å². The highest BCUT2D eigenvalue weighted by Gasteiger charge is 2.20. The Morgan fingerprint density at radius 2 is 1.91 bits per heavy atom. The molecule has 0 bridgehead atoms. The average molecular weight is 305 g/mol. The third kappa shape index (κ3) is 3.43. The van der Waals surface area contributed by atoms with Gasteiger partial charge in [-0.15, -0.1) is 0 Å². The second kappa shape index (κ2) is 6.75. The number of amides is 2. The Morgan fingerprint density at radius 1 is 1.18 bits per heavy atom. The molecule has 22 heavy (non-hydrogen) atoms. The molecular weight excluding hydrogens is 290 g/mol. The lowest BCUT2D eigenvalue weighted by Gasteiger charge is -2.04. The van der Waals surface area contributed by atoms with Gasteiger partial charge in [0.1, 0.15) is 5.58 Å². The monoisotopic (exact) mass is 305 g/mol. The first kappa shape index (κ1) is 15.6. The maximum absolute atomic E-state index is 11.9. The minimum atomic E-state index is -0.886. The van der Waals surface area contributed by atoms with Crippen LogP contribution in [0.4, 0.5) is 4.79 Å². The average Bonchev–Trinajstić information content (AvgIpc) is 2.83. The SMILES string of the molecule is CCOC(=O)NC(=O)COC(=O)c1oc2ccccc2c1C. The van der Waals surface area contributed by atoms with Crippen LogP contribution >= 0.6 is 0 Å². The predicted octanol–water partition coefficient (Wildman–Crippen LogP) is 2.17. The smallest absolute Gasteiger partial charge is 0.413 e. The largest absolute Gasteiger partial charge is 0.450 e. The highest BCUT2D eigenvalue weighted by atomic mass is 16.6. The molecule has 2 amide bonds. The third-order valence-corrected chi connectivity index (χ3v) is 2.88. The molecule has 1 heterocycles. The first-order valence-corrected chi connectivity index (χ1v) is 6.64. The van der Waals surface area contributed by atoms with E-state index in [0.717, 1.165) is 5.39 Å². The summed E-state index contributed by atoms with van der Waals surface area (Å²) in [6, 6.07) is 7.16. The molecule has 2 rings (SSSR count). The van der Waals surface area contributed by atoms with Crippen LogP contribution in [-0.4, -0.2) is 31.2 Å². The number of benzene rings is 1. The Bertz CT molecular complexity index is 718. The summed E-state index contributed by atoms with van der Waals surface area (Å²) in [6.45, 7) is 2.86. The Kier molecular flexibility index (Phi) is 4.77. The number of hydrogen-bond acceptors (Lipinski definition) is 6. The van der Waals surface area contributed by atoms with Gasteiger partial charge in [-0.3, -0.25) is 10.1 Å². The Morgan fingerprint density at radius 3 is 2.59 bits per heavy atom. The van der Waals surface area contributed by atoms with Crippen molar-refractivity contribution in [1.29, 1.82) is 0 Å². The predicted molar refractivity (Wildman–Crippen MR) is 76.4 cm³/mol. The van der Waals surface area contributed by atoms with E-state index < -0.39 is 24.6 Å². The molecule has 0 spiro atoms. The Labute approximate surface area is 126 Å². The van der Waals surface area contributed by atoms with Gasteiger partial charge >= 0.3 is 12.1 Å². The topological polar surface area (TPSA) is 94.8 Å². The van der Waals surface area contributed by atoms with E-state index in [9.17, 15) is 14.4 Å². The number of carbonyl (C=O) groups is 3. The molecule has 1 aromatic carbocycles. The zero-order valence-electron chi connectivity index (χ0n) is 12.2. The molecule has 1 aromatic heterocycles. The van der Waals surface area contributed by atoms with Crippen LogP contribution in [0, 0.1) is 6.92 Å². The maximum Gasteiger partial charge on any atom is 0.413 e. The molecule has 0 unspecified atom stereocenters. The van der Waals surface area contributed by atoms with Gasteiger partial charge in [-0.2, -0.15) is 0 Å². The van der Waals surface area contributed by atoms with Crippen LogP contribution < -0.4 is 5.32 Å². The first-order valence-electron chi connectivity index (χ1n) is 6.64. The van der Waals surface area contributed by atoms with Gasteiger partial charge in [0.05, 0.1) is 6.61 Å². The molecule has 1 N–H and O–H groups in total. The van der Waals surface area contributed by atoms with Crippen molar-refractivity contribution in [3.63, 3.8) is 0 Å². The number of imide groups is 1. The van der Waals surface area contributed by atoms with Crippen molar-refractivity contribution in [1.82, 2.24) is 5.32 Å². The number of fused-ring (bicyclic) bond motifs is 1. The van der Waals surface area contributed by atoms with Crippen LogP contribution in [0.5, 0.6) is 0 Å². The summed E-state index contributed by atoms with van der Waals surface area (Å²) in [5.41, 5.74) is 1.19. The van der Waals surface area contributed by atoms with Crippen LogP contribution in [0.15, 0.2) is 28.7 Å². The fourth-order valence-corrected chi connectivity index (χ4v) is 1.88. The second-order valence-electron chi connectivity index (χ2n) is 4.40. The highest BCUT2D eigenvalue weighted by molar-refractivity contribution is 5.98. The van der Waals surface area contributed by atoms with Crippen LogP contribution in [0.1, 0.15) is 23.0 Å². The number of hydrogen-bond donors (Lipinski definition) is 1. The third-order valence-electron chi connectivity index (χ3n) is 2.88. The maximum atomic E-state index is 11.9. The first-order chi connectivity index (χ1) is 10.5. The summed E-state index contributed by atoms with van der Waals surface area (Å²) in [7, 11) is 0. The number of esters is 1. The molecule has 0 saturated carbocycles. The molecule has 0 aliphatic rings. The second-order valence-corrected chi connectivity index (χ2v) is 4.40. The molecular formula is C15H15NO6. The summed E-state index contributed by atoms with van der Waals surface area (Å²) in [4.78, 5) is 34.4. The van der Waals surface area contributed by atoms with E-state index in [4.69, 9.17) is 9.15 Å². The van der Waals surface area contributed by atoms with E-state index in [1.807, 2.05) is 17.4 Å². The van der Waals surface area contributed by atoms with Gasteiger partial charge in [0.15, 0.2) is 6.61 Å². The number of carbonyl (C=O) groups excluding carboxylic acids is 3. The van der Waals surface area contributed by atoms with E-state index in [2.05, 4.69) is 4.74 Å². The summed E-state index contributed by atoms with van der Waals surface area (Å²) < 4.78 is 14.8. The number of alkyl carbamates (subject to hydrolysis) is 1. The minimum absolute atomic E-state index is 0.0325. The molecule has 0 radical (unpaired) electrons. The fraction of sp³-hybridized carbons (Fsp3) is 0.267. The van der Waals surface area contributed by atoms with E-state index in [1.165, 1.54) is 0 Å². The molecule has 0 fully saturated rings. The molecule has 7 heteroatoms. The van der Waals surface area contributed by atoms with Gasteiger partial charge in [0.2, 0.25) is 5.76 Å².